The molecule has 1 aromatic heterocycles. The molecule has 1 amide bonds. The SMILES string of the molecule is COc1cc(/C=C2/C(=O)N(Cc3cc(F)c(F)c(F)c3)C(=NCCO)N2C)ccc1-n1cnc(C)c1. The minimum absolute atomic E-state index is 0.00964. The lowest BCUT2D eigenvalue weighted by Gasteiger charge is -2.18. The number of hydrogen-bond acceptors (Lipinski definition) is 5. The molecule has 1 saturated heterocycles. The molecule has 0 radical (unpaired) electrons. The van der Waals surface area contributed by atoms with E-state index in [0.29, 0.717) is 11.3 Å². The molecular formula is C25H24F3N5O3. The number of rotatable bonds is 7. The number of carbonyl (C=O) groups is 1. The zero-order valence-corrected chi connectivity index (χ0v) is 19.9. The van der Waals surface area contributed by atoms with Gasteiger partial charge in [-0.25, -0.2) is 23.1 Å². The highest BCUT2D eigenvalue weighted by Crippen LogP contribution is 2.29. The highest BCUT2D eigenvalue weighted by atomic mass is 19.2. The van der Waals surface area contributed by atoms with Gasteiger partial charge in [0.2, 0.25) is 5.96 Å². The number of halogens is 3. The van der Waals surface area contributed by atoms with Crippen LogP contribution < -0.4 is 4.74 Å². The number of ether oxygens (including phenoxy) is 1. The van der Waals surface area contributed by atoms with E-state index >= 15 is 0 Å². The molecule has 0 saturated carbocycles. The molecule has 0 spiro atoms. The van der Waals surface area contributed by atoms with Gasteiger partial charge in [0, 0.05) is 13.2 Å². The molecule has 1 aliphatic rings. The van der Waals surface area contributed by atoms with E-state index in [-0.39, 0.29) is 36.9 Å². The quantitative estimate of drug-likeness (QED) is 0.399. The fraction of sp³-hybridized carbons (Fsp3) is 0.240. The molecule has 0 atom stereocenters. The number of likely N-dealkylation sites (N-methyl/N-ethyl adjacent to an activating group) is 1. The Bertz CT molecular complexity index is 1350. The smallest absolute Gasteiger partial charge is 0.277 e. The number of methoxy groups -OCH3 is 1. The van der Waals surface area contributed by atoms with Gasteiger partial charge >= 0.3 is 0 Å². The molecule has 1 fully saturated rings. The van der Waals surface area contributed by atoms with Crippen LogP contribution in [0, 0.1) is 24.4 Å². The molecule has 2 heterocycles. The summed E-state index contributed by atoms with van der Waals surface area (Å²) in [5, 5.41) is 9.23. The van der Waals surface area contributed by atoms with Crippen LogP contribution in [-0.4, -0.2) is 63.6 Å². The van der Waals surface area contributed by atoms with Crippen molar-refractivity contribution in [2.24, 2.45) is 4.99 Å². The third-order valence-electron chi connectivity index (χ3n) is 5.60. The van der Waals surface area contributed by atoms with Crippen LogP contribution >= 0.6 is 0 Å². The van der Waals surface area contributed by atoms with Crippen LogP contribution in [0.4, 0.5) is 13.2 Å². The number of aryl methyl sites for hydroxylation is 1. The van der Waals surface area contributed by atoms with Gasteiger partial charge in [-0.3, -0.25) is 9.69 Å². The molecule has 0 bridgehead atoms. The van der Waals surface area contributed by atoms with Gasteiger partial charge in [-0.05, 0) is 48.4 Å². The Morgan fingerprint density at radius 3 is 2.50 bits per heavy atom. The van der Waals surface area contributed by atoms with Crippen LogP contribution in [0.5, 0.6) is 5.75 Å². The average molecular weight is 499 g/mol. The van der Waals surface area contributed by atoms with Crippen molar-refractivity contribution in [3.05, 3.63) is 82.8 Å². The number of aliphatic imine (C=N–C) groups is 1. The van der Waals surface area contributed by atoms with E-state index in [1.807, 2.05) is 23.8 Å². The van der Waals surface area contributed by atoms with Crippen molar-refractivity contribution < 1.29 is 27.8 Å². The van der Waals surface area contributed by atoms with Crippen molar-refractivity contribution in [2.45, 2.75) is 13.5 Å². The van der Waals surface area contributed by atoms with Crippen LogP contribution in [0.25, 0.3) is 11.8 Å². The van der Waals surface area contributed by atoms with E-state index < -0.39 is 23.4 Å². The van der Waals surface area contributed by atoms with Crippen LogP contribution in [0.1, 0.15) is 16.8 Å². The highest BCUT2D eigenvalue weighted by Gasteiger charge is 2.37. The maximum Gasteiger partial charge on any atom is 0.277 e. The Kier molecular flexibility index (Phi) is 7.11. The minimum atomic E-state index is -1.58. The largest absolute Gasteiger partial charge is 0.495 e. The lowest BCUT2D eigenvalue weighted by Crippen LogP contribution is -2.33. The van der Waals surface area contributed by atoms with E-state index in [2.05, 4.69) is 9.98 Å². The summed E-state index contributed by atoms with van der Waals surface area (Å²) in [6.07, 6.45) is 5.16. The monoisotopic (exact) mass is 499 g/mol. The lowest BCUT2D eigenvalue weighted by atomic mass is 10.1. The van der Waals surface area contributed by atoms with E-state index in [1.165, 1.54) is 16.9 Å². The highest BCUT2D eigenvalue weighted by molar-refractivity contribution is 6.15. The van der Waals surface area contributed by atoms with E-state index in [0.717, 1.165) is 23.5 Å². The van der Waals surface area contributed by atoms with Crippen LogP contribution in [0.3, 0.4) is 0 Å². The number of hydrogen-bond donors (Lipinski definition) is 1. The summed E-state index contributed by atoms with van der Waals surface area (Å²) in [4.78, 5) is 24.6. The third-order valence-corrected chi connectivity index (χ3v) is 5.60. The molecule has 4 rings (SSSR count). The van der Waals surface area contributed by atoms with Gasteiger partial charge in [0.05, 0.1) is 44.5 Å². The number of carbonyl (C=O) groups excluding carboxylic acids is 1. The molecule has 1 aliphatic heterocycles. The summed E-state index contributed by atoms with van der Waals surface area (Å²) in [6.45, 7) is 1.38. The fourth-order valence-corrected chi connectivity index (χ4v) is 3.89. The van der Waals surface area contributed by atoms with Gasteiger partial charge in [-0.1, -0.05) is 6.07 Å². The zero-order chi connectivity index (χ0) is 26.0. The molecule has 0 unspecified atom stereocenters. The molecule has 36 heavy (non-hydrogen) atoms. The first-order chi connectivity index (χ1) is 17.2. The van der Waals surface area contributed by atoms with Crippen molar-refractivity contribution >= 4 is 17.9 Å². The molecule has 2 aromatic carbocycles. The summed E-state index contributed by atoms with van der Waals surface area (Å²) in [6, 6.07) is 7.06. The topological polar surface area (TPSA) is 83.2 Å². The number of guanidine groups is 1. The second kappa shape index (κ2) is 10.2. The van der Waals surface area contributed by atoms with Gasteiger partial charge in [-0.2, -0.15) is 0 Å². The van der Waals surface area contributed by atoms with Crippen molar-refractivity contribution in [1.82, 2.24) is 19.4 Å². The van der Waals surface area contributed by atoms with Gasteiger partial charge in [0.1, 0.15) is 11.4 Å². The summed E-state index contributed by atoms with van der Waals surface area (Å²) < 4.78 is 48.3. The number of aliphatic hydroxyl groups excluding tert-OH is 1. The Balaban J connectivity index is 1.70. The summed E-state index contributed by atoms with van der Waals surface area (Å²) in [5.74, 6) is -4.03. The second-order valence-electron chi connectivity index (χ2n) is 8.11. The third kappa shape index (κ3) is 4.82. The first kappa shape index (κ1) is 25.0. The number of aromatic nitrogens is 2. The van der Waals surface area contributed by atoms with E-state index in [1.54, 1.807) is 31.6 Å². The number of amides is 1. The molecule has 0 aliphatic carbocycles. The predicted molar refractivity (Wildman–Crippen MR) is 127 cm³/mol. The van der Waals surface area contributed by atoms with Gasteiger partial charge in [0.25, 0.3) is 5.91 Å². The van der Waals surface area contributed by atoms with E-state index in [4.69, 9.17) is 4.74 Å². The van der Waals surface area contributed by atoms with Crippen LogP contribution in [0.2, 0.25) is 0 Å². The summed E-state index contributed by atoms with van der Waals surface area (Å²) in [7, 11) is 3.15. The van der Waals surface area contributed by atoms with Gasteiger partial charge < -0.3 is 19.3 Å². The molecular weight excluding hydrogens is 475 g/mol. The van der Waals surface area contributed by atoms with Crippen molar-refractivity contribution in [1.29, 1.82) is 0 Å². The number of aliphatic hydroxyl groups is 1. The summed E-state index contributed by atoms with van der Waals surface area (Å²) >= 11 is 0. The standard InChI is InChI=1S/C25H24F3N5O3/c1-15-12-32(14-30-15)20-5-4-16(11-22(20)36-3)10-21-24(35)33(25(31(21)2)29-6-7-34)13-17-8-18(26)23(28)19(27)9-17/h4-5,8-12,14,34H,6-7,13H2,1-3H3/b21-10-,29-25?. The van der Waals surface area contributed by atoms with Gasteiger partial charge in [0.15, 0.2) is 17.5 Å². The Morgan fingerprint density at radius 2 is 1.89 bits per heavy atom. The Morgan fingerprint density at radius 1 is 1.17 bits per heavy atom. The molecule has 188 valence electrons. The molecule has 8 nitrogen and oxygen atoms in total. The first-order valence-corrected chi connectivity index (χ1v) is 11.0. The predicted octanol–water partition coefficient (Wildman–Crippen LogP) is 3.27. The first-order valence-electron chi connectivity index (χ1n) is 11.0. The summed E-state index contributed by atoms with van der Waals surface area (Å²) in [5.41, 5.74) is 2.55. The number of imidazole rings is 1. The zero-order valence-electron chi connectivity index (χ0n) is 19.9. The van der Waals surface area contributed by atoms with Crippen molar-refractivity contribution in [3.8, 4) is 11.4 Å². The maximum absolute atomic E-state index is 13.8. The normalized spacial score (nSPS) is 16.0. The minimum Gasteiger partial charge on any atom is -0.495 e. The Labute approximate surface area is 205 Å². The van der Waals surface area contributed by atoms with Crippen molar-refractivity contribution in [3.63, 3.8) is 0 Å². The average Bonchev–Trinajstić information content (AvgIpc) is 3.38. The molecule has 3 aromatic rings. The van der Waals surface area contributed by atoms with Crippen LogP contribution in [-0.2, 0) is 11.3 Å². The van der Waals surface area contributed by atoms with Gasteiger partial charge in [-0.15, -0.1) is 0 Å². The Hall–Kier alpha value is -4.12. The van der Waals surface area contributed by atoms with E-state index in [9.17, 15) is 23.1 Å². The number of nitrogens with zero attached hydrogens (tertiary/aromatic N) is 5. The van der Waals surface area contributed by atoms with Crippen LogP contribution in [0.15, 0.2) is 53.5 Å². The lowest BCUT2D eigenvalue weighted by molar-refractivity contribution is -0.123. The molecule has 11 heteroatoms. The number of benzene rings is 2. The molecule has 1 N–H and O–H groups in total. The second-order valence-corrected chi connectivity index (χ2v) is 8.11. The maximum atomic E-state index is 13.8. The van der Waals surface area contributed by atoms with Crippen molar-refractivity contribution in [2.75, 3.05) is 27.3 Å². The fourth-order valence-electron chi connectivity index (χ4n) is 3.89.